The first-order valence-corrected chi connectivity index (χ1v) is 11.4. The summed E-state index contributed by atoms with van der Waals surface area (Å²) in [6, 6.07) is 17.7. The molecule has 2 aromatic rings. The van der Waals surface area contributed by atoms with Crippen molar-refractivity contribution in [3.63, 3.8) is 0 Å². The fourth-order valence-corrected chi connectivity index (χ4v) is 3.82. The van der Waals surface area contributed by atoms with Gasteiger partial charge in [0.1, 0.15) is 12.1 Å². The molecule has 7 nitrogen and oxygen atoms in total. The van der Waals surface area contributed by atoms with Crippen molar-refractivity contribution < 1.29 is 19.1 Å². The lowest BCUT2D eigenvalue weighted by Gasteiger charge is -2.29. The van der Waals surface area contributed by atoms with Gasteiger partial charge in [-0.15, -0.1) is 0 Å². The van der Waals surface area contributed by atoms with Crippen molar-refractivity contribution in [2.24, 2.45) is 11.8 Å². The van der Waals surface area contributed by atoms with E-state index in [0.29, 0.717) is 18.5 Å². The Morgan fingerprint density at radius 1 is 0.970 bits per heavy atom. The van der Waals surface area contributed by atoms with Crippen LogP contribution in [0.1, 0.15) is 57.0 Å². The van der Waals surface area contributed by atoms with Crippen LogP contribution >= 0.6 is 0 Å². The van der Waals surface area contributed by atoms with E-state index < -0.39 is 12.0 Å². The van der Waals surface area contributed by atoms with E-state index in [1.165, 1.54) is 0 Å². The van der Waals surface area contributed by atoms with Crippen molar-refractivity contribution in [2.75, 3.05) is 0 Å². The average molecular weight is 451 g/mol. The molecule has 2 rings (SSSR count). The molecule has 33 heavy (non-hydrogen) atoms. The third kappa shape index (κ3) is 7.38. The van der Waals surface area contributed by atoms with E-state index in [4.69, 9.17) is 4.74 Å². The van der Waals surface area contributed by atoms with Crippen LogP contribution in [-0.4, -0.2) is 39.5 Å². The third-order valence-corrected chi connectivity index (χ3v) is 5.43. The van der Waals surface area contributed by atoms with Crippen LogP contribution in [-0.2, 0) is 16.1 Å². The topological polar surface area (TPSA) is 95.0 Å². The highest BCUT2D eigenvalue weighted by atomic mass is 16.5. The number of carbonyl (C=O) groups is 2. The SMILES string of the molecule is CC[C@H](C(=[N+]=[N-])C(=O)OC(C(C)C)C(C)C)N(Cc1ccccc1)NC(=O)c1ccccc1. The fourth-order valence-electron chi connectivity index (χ4n) is 3.82. The van der Waals surface area contributed by atoms with Gasteiger partial charge < -0.3 is 10.3 Å². The Balaban J connectivity index is 2.35. The first-order valence-electron chi connectivity index (χ1n) is 11.4. The third-order valence-electron chi connectivity index (χ3n) is 5.43. The Bertz CT molecular complexity index is 946. The Labute approximate surface area is 196 Å². The lowest BCUT2D eigenvalue weighted by molar-refractivity contribution is -0.151. The van der Waals surface area contributed by atoms with E-state index in [1.807, 2.05) is 71.0 Å². The molecule has 0 bridgehead atoms. The first-order chi connectivity index (χ1) is 15.8. The molecule has 0 fully saturated rings. The van der Waals surface area contributed by atoms with Crippen LogP contribution in [0.5, 0.6) is 0 Å². The summed E-state index contributed by atoms with van der Waals surface area (Å²) >= 11 is 0. The van der Waals surface area contributed by atoms with Crippen molar-refractivity contribution in [3.8, 4) is 0 Å². The van der Waals surface area contributed by atoms with Crippen molar-refractivity contribution >= 4 is 17.6 Å². The molecule has 0 unspecified atom stereocenters. The summed E-state index contributed by atoms with van der Waals surface area (Å²) in [7, 11) is 0. The van der Waals surface area contributed by atoms with Crippen molar-refractivity contribution in [3.05, 3.63) is 77.3 Å². The number of hydrogen-bond donors (Lipinski definition) is 1. The highest BCUT2D eigenvalue weighted by Crippen LogP contribution is 2.18. The van der Waals surface area contributed by atoms with Gasteiger partial charge >= 0.3 is 11.7 Å². The highest BCUT2D eigenvalue weighted by molar-refractivity contribution is 6.36. The number of nitrogens with one attached hydrogen (secondary N) is 1. The van der Waals surface area contributed by atoms with Crippen LogP contribution in [0.4, 0.5) is 0 Å². The number of ether oxygens (including phenoxy) is 1. The Hall–Kier alpha value is -3.28. The number of rotatable bonds is 11. The molecule has 176 valence electrons. The van der Waals surface area contributed by atoms with E-state index in [0.717, 1.165) is 5.56 Å². The predicted octanol–water partition coefficient (Wildman–Crippen LogP) is 4.51. The van der Waals surface area contributed by atoms with Crippen LogP contribution < -0.4 is 5.43 Å². The van der Waals surface area contributed by atoms with Gasteiger partial charge in [0.05, 0.1) is 0 Å². The zero-order chi connectivity index (χ0) is 24.4. The maximum Gasteiger partial charge on any atom is 0.419 e. The van der Waals surface area contributed by atoms with Gasteiger partial charge in [0, 0.05) is 12.1 Å². The second kappa shape index (κ2) is 12.7. The molecule has 0 aromatic heterocycles. The van der Waals surface area contributed by atoms with Crippen LogP contribution in [0.25, 0.3) is 5.53 Å². The van der Waals surface area contributed by atoms with E-state index in [-0.39, 0.29) is 29.6 Å². The highest BCUT2D eigenvalue weighted by Gasteiger charge is 2.39. The smallest absolute Gasteiger partial charge is 0.419 e. The fraction of sp³-hybridized carbons (Fsp3) is 0.423. The maximum absolute atomic E-state index is 13.1. The number of amides is 1. The number of esters is 1. The molecule has 0 spiro atoms. The molecule has 0 aliphatic carbocycles. The van der Waals surface area contributed by atoms with Crippen LogP contribution in [0.15, 0.2) is 60.7 Å². The number of hydrazine groups is 1. The molecule has 0 radical (unpaired) electrons. The van der Waals surface area contributed by atoms with Crippen molar-refractivity contribution in [1.29, 1.82) is 0 Å². The Morgan fingerprint density at radius 2 is 1.52 bits per heavy atom. The number of hydrogen-bond acceptors (Lipinski definition) is 4. The summed E-state index contributed by atoms with van der Waals surface area (Å²) in [5.41, 5.74) is 14.0. The molecule has 0 heterocycles. The monoisotopic (exact) mass is 450 g/mol. The molecule has 0 saturated heterocycles. The van der Waals surface area contributed by atoms with Gasteiger partial charge in [0.15, 0.2) is 0 Å². The Morgan fingerprint density at radius 3 is 2.00 bits per heavy atom. The normalized spacial score (nSPS) is 12.0. The van der Waals surface area contributed by atoms with E-state index in [1.54, 1.807) is 29.3 Å². The standard InChI is InChI=1S/C26H34N4O3/c1-6-22(23(28-27)26(32)33-24(18(2)3)19(4)5)30(17-20-13-9-7-10-14-20)29-25(31)21-15-11-8-12-16-21/h7-16,18-19,22,24H,6,17H2,1-5H3,(H,29,31)/t22-/m1/s1. The molecule has 2 aromatic carbocycles. The predicted molar refractivity (Wildman–Crippen MR) is 128 cm³/mol. The van der Waals surface area contributed by atoms with E-state index in [9.17, 15) is 15.1 Å². The van der Waals surface area contributed by atoms with Gasteiger partial charge in [-0.3, -0.25) is 10.2 Å². The molecule has 1 atom stereocenters. The zero-order valence-corrected chi connectivity index (χ0v) is 20.1. The lowest BCUT2D eigenvalue weighted by atomic mass is 9.96. The summed E-state index contributed by atoms with van der Waals surface area (Å²) in [6.45, 7) is 10.1. The van der Waals surface area contributed by atoms with Crippen molar-refractivity contribution in [2.45, 2.75) is 59.7 Å². The van der Waals surface area contributed by atoms with Gasteiger partial charge in [0.25, 0.3) is 5.91 Å². The lowest BCUT2D eigenvalue weighted by Crippen LogP contribution is -2.53. The van der Waals surface area contributed by atoms with Crippen LogP contribution in [0.3, 0.4) is 0 Å². The largest absolute Gasteiger partial charge is 0.453 e. The molecule has 1 amide bonds. The van der Waals surface area contributed by atoms with Gasteiger partial charge in [-0.25, -0.2) is 9.80 Å². The summed E-state index contributed by atoms with van der Waals surface area (Å²) in [4.78, 5) is 29.3. The second-order valence-electron chi connectivity index (χ2n) is 8.69. The summed E-state index contributed by atoms with van der Waals surface area (Å²) in [6.07, 6.45) is 0.0815. The molecular weight excluding hydrogens is 416 g/mol. The quantitative estimate of drug-likeness (QED) is 0.179. The van der Waals surface area contributed by atoms with Crippen LogP contribution in [0.2, 0.25) is 0 Å². The van der Waals surface area contributed by atoms with E-state index >= 15 is 0 Å². The number of benzene rings is 2. The molecule has 0 aliphatic rings. The van der Waals surface area contributed by atoms with Gasteiger partial charge in [-0.05, 0) is 36.0 Å². The van der Waals surface area contributed by atoms with Crippen LogP contribution in [0, 0.1) is 11.8 Å². The minimum atomic E-state index is -0.699. The molecule has 1 N–H and O–H groups in total. The molecule has 7 heteroatoms. The zero-order valence-electron chi connectivity index (χ0n) is 20.1. The summed E-state index contributed by atoms with van der Waals surface area (Å²) in [5.74, 6) is -0.805. The second-order valence-corrected chi connectivity index (χ2v) is 8.69. The molecule has 0 aliphatic heterocycles. The average Bonchev–Trinajstić information content (AvgIpc) is 2.81. The number of carbonyl (C=O) groups excluding carboxylic acids is 2. The van der Waals surface area contributed by atoms with Gasteiger partial charge in [-0.2, -0.15) is 4.79 Å². The summed E-state index contributed by atoms with van der Waals surface area (Å²) < 4.78 is 5.73. The number of nitrogens with zero attached hydrogens (tertiary/aromatic N) is 3. The minimum absolute atomic E-state index is 0.104. The molecule has 0 saturated carbocycles. The first kappa shape index (κ1) is 26.0. The van der Waals surface area contributed by atoms with Crippen molar-refractivity contribution in [1.82, 2.24) is 10.4 Å². The summed E-state index contributed by atoms with van der Waals surface area (Å²) in [5, 5.41) is 1.63. The van der Waals surface area contributed by atoms with E-state index in [2.05, 4.69) is 10.2 Å². The maximum atomic E-state index is 13.1. The minimum Gasteiger partial charge on any atom is -0.453 e. The van der Waals surface area contributed by atoms with Gasteiger partial charge in [0.2, 0.25) is 0 Å². The van der Waals surface area contributed by atoms with Gasteiger partial charge in [-0.1, -0.05) is 83.1 Å². The molecular formula is C26H34N4O3. The Kier molecular flexibility index (Phi) is 9.98.